The Morgan fingerprint density at radius 3 is 2.51 bits per heavy atom. The molecule has 3 aromatic rings. The quantitative estimate of drug-likeness (QED) is 0.446. The fourth-order valence-electron chi connectivity index (χ4n) is 5.26. The van der Waals surface area contributed by atoms with Crippen LogP contribution in [-0.2, 0) is 9.84 Å². The van der Waals surface area contributed by atoms with E-state index in [2.05, 4.69) is 39.0 Å². The predicted octanol–water partition coefficient (Wildman–Crippen LogP) is 3.46. The highest BCUT2D eigenvalue weighted by atomic mass is 32.2. The van der Waals surface area contributed by atoms with Crippen molar-refractivity contribution in [3.63, 3.8) is 0 Å². The molecule has 2 fully saturated rings. The van der Waals surface area contributed by atoms with Gasteiger partial charge in [-0.2, -0.15) is 4.98 Å². The second-order valence-electron chi connectivity index (χ2n) is 11.4. The van der Waals surface area contributed by atoms with Gasteiger partial charge in [0.25, 0.3) is 0 Å². The molecular formula is C27H36FN7O3S. The minimum atomic E-state index is -3.09. The largest absolute Gasteiger partial charge is 0.390 e. The number of alkyl halides is 1. The molecule has 0 unspecified atom stereocenters. The molecule has 3 atom stereocenters. The van der Waals surface area contributed by atoms with Gasteiger partial charge in [-0.3, -0.25) is 0 Å². The van der Waals surface area contributed by atoms with E-state index in [1.807, 2.05) is 12.3 Å². The first-order valence-electron chi connectivity index (χ1n) is 13.3. The highest BCUT2D eigenvalue weighted by molar-refractivity contribution is 7.91. The molecule has 5 heterocycles. The smallest absolute Gasteiger partial charge is 0.227 e. The average Bonchev–Trinajstić information content (AvgIpc) is 2.84. The van der Waals surface area contributed by atoms with Crippen LogP contribution in [0.5, 0.6) is 0 Å². The summed E-state index contributed by atoms with van der Waals surface area (Å²) >= 11 is 0. The standard InChI is InChI=1S/C27H36FN7O3S/c1-16(2)20-11-31-25(35-13-18(14-35)17(3)39(5,37)38)21-12-30-24(10-19(20)21)32-23-6-8-29-26(33-23)34-9-7-22(36)27(4,28)15-34/h6,8,10-12,16-18,22,36H,7,9,13-15H2,1-5H3,(H,29,30,32,33)/t17-,22-,27-/m0/s1. The third-order valence-electron chi connectivity index (χ3n) is 8.00. The van der Waals surface area contributed by atoms with Gasteiger partial charge in [-0.15, -0.1) is 0 Å². The van der Waals surface area contributed by atoms with E-state index < -0.39 is 26.9 Å². The third-order valence-corrected chi connectivity index (χ3v) is 9.74. The molecule has 0 aliphatic carbocycles. The van der Waals surface area contributed by atoms with Crippen molar-refractivity contribution in [2.45, 2.75) is 57.1 Å². The molecule has 2 N–H and O–H groups in total. The maximum atomic E-state index is 14.7. The molecule has 10 nitrogen and oxygen atoms in total. The highest BCUT2D eigenvalue weighted by Gasteiger charge is 2.40. The fourth-order valence-corrected chi connectivity index (χ4v) is 6.13. The molecule has 39 heavy (non-hydrogen) atoms. The topological polar surface area (TPSA) is 124 Å². The Labute approximate surface area is 228 Å². The zero-order valence-corrected chi connectivity index (χ0v) is 23.8. The maximum Gasteiger partial charge on any atom is 0.227 e. The number of nitrogens with zero attached hydrogens (tertiary/aromatic N) is 6. The molecule has 210 valence electrons. The van der Waals surface area contributed by atoms with Crippen molar-refractivity contribution in [2.24, 2.45) is 5.92 Å². The molecule has 2 saturated heterocycles. The molecule has 0 aromatic carbocycles. The summed E-state index contributed by atoms with van der Waals surface area (Å²) in [6, 6.07) is 3.71. The van der Waals surface area contributed by atoms with Gasteiger partial charge < -0.3 is 20.2 Å². The number of hydrogen-bond acceptors (Lipinski definition) is 10. The van der Waals surface area contributed by atoms with Crippen LogP contribution in [0.3, 0.4) is 0 Å². The van der Waals surface area contributed by atoms with E-state index in [0.717, 1.165) is 22.2 Å². The lowest BCUT2D eigenvalue weighted by atomic mass is 9.94. The van der Waals surface area contributed by atoms with Crippen molar-refractivity contribution < 1.29 is 17.9 Å². The molecule has 5 rings (SSSR count). The van der Waals surface area contributed by atoms with Crippen molar-refractivity contribution >= 4 is 44.0 Å². The van der Waals surface area contributed by atoms with Crippen LogP contribution >= 0.6 is 0 Å². The molecule has 0 radical (unpaired) electrons. The first-order chi connectivity index (χ1) is 18.3. The summed E-state index contributed by atoms with van der Waals surface area (Å²) in [5.74, 6) is 2.62. The SMILES string of the molecule is CC(C)c1cnc(N2CC([C@H](C)S(C)(=O)=O)C2)c2cnc(Nc3ccnc(N4CC[C@H](O)[C@@](C)(F)C4)n3)cc12. The molecule has 3 aromatic heterocycles. The Morgan fingerprint density at radius 1 is 1.10 bits per heavy atom. The fraction of sp³-hybridized carbons (Fsp3) is 0.556. The van der Waals surface area contributed by atoms with Crippen LogP contribution in [0.15, 0.2) is 30.7 Å². The van der Waals surface area contributed by atoms with Crippen molar-refractivity contribution in [2.75, 3.05) is 47.6 Å². The number of aliphatic hydroxyl groups is 1. The van der Waals surface area contributed by atoms with Crippen LogP contribution in [0.2, 0.25) is 0 Å². The number of pyridine rings is 2. The number of rotatable bonds is 7. The summed E-state index contributed by atoms with van der Waals surface area (Å²) in [5.41, 5.74) is -0.651. The van der Waals surface area contributed by atoms with Gasteiger partial charge in [0, 0.05) is 55.8 Å². The number of hydrogen-bond donors (Lipinski definition) is 2. The Kier molecular flexibility index (Phi) is 7.13. The second kappa shape index (κ2) is 10.1. The van der Waals surface area contributed by atoms with Gasteiger partial charge in [-0.1, -0.05) is 13.8 Å². The van der Waals surface area contributed by atoms with E-state index in [4.69, 9.17) is 4.98 Å². The van der Waals surface area contributed by atoms with Gasteiger partial charge in [0.1, 0.15) is 27.3 Å². The van der Waals surface area contributed by atoms with Crippen LogP contribution in [0.4, 0.5) is 27.8 Å². The normalized spacial score (nSPS) is 23.2. The summed E-state index contributed by atoms with van der Waals surface area (Å²) in [7, 11) is -3.09. The zero-order valence-electron chi connectivity index (χ0n) is 23.0. The Morgan fingerprint density at radius 2 is 1.85 bits per heavy atom. The summed E-state index contributed by atoms with van der Waals surface area (Å²) < 4.78 is 38.7. The van der Waals surface area contributed by atoms with Crippen LogP contribution in [-0.4, -0.2) is 82.9 Å². The van der Waals surface area contributed by atoms with Crippen molar-refractivity contribution in [1.29, 1.82) is 0 Å². The van der Waals surface area contributed by atoms with E-state index in [-0.39, 0.29) is 18.4 Å². The monoisotopic (exact) mass is 557 g/mol. The van der Waals surface area contributed by atoms with Gasteiger partial charge in [0.05, 0.1) is 17.9 Å². The van der Waals surface area contributed by atoms with E-state index in [9.17, 15) is 17.9 Å². The van der Waals surface area contributed by atoms with E-state index in [1.165, 1.54) is 13.2 Å². The Balaban J connectivity index is 1.40. The zero-order chi connectivity index (χ0) is 28.1. The second-order valence-corrected chi connectivity index (χ2v) is 13.8. The van der Waals surface area contributed by atoms with Gasteiger partial charge in [0.2, 0.25) is 5.95 Å². The summed E-state index contributed by atoms with van der Waals surface area (Å²) in [6.45, 7) is 9.13. The van der Waals surface area contributed by atoms with E-state index in [0.29, 0.717) is 43.6 Å². The van der Waals surface area contributed by atoms with Crippen molar-refractivity contribution in [3.05, 3.63) is 36.3 Å². The number of aliphatic hydroxyl groups excluding tert-OH is 1. The lowest BCUT2D eigenvalue weighted by molar-refractivity contribution is -0.00860. The van der Waals surface area contributed by atoms with Crippen LogP contribution in [0.25, 0.3) is 10.8 Å². The van der Waals surface area contributed by atoms with Crippen molar-refractivity contribution in [1.82, 2.24) is 19.9 Å². The van der Waals surface area contributed by atoms with Gasteiger partial charge in [-0.25, -0.2) is 27.8 Å². The minimum Gasteiger partial charge on any atom is -0.390 e. The summed E-state index contributed by atoms with van der Waals surface area (Å²) in [6.07, 6.45) is 5.89. The number of nitrogens with one attached hydrogen (secondary N) is 1. The Bertz CT molecular complexity index is 1480. The number of piperidine rings is 1. The van der Waals surface area contributed by atoms with Gasteiger partial charge in [-0.05, 0) is 49.3 Å². The summed E-state index contributed by atoms with van der Waals surface area (Å²) in [5, 5.41) is 14.7. The van der Waals surface area contributed by atoms with E-state index in [1.54, 1.807) is 30.3 Å². The molecule has 0 spiro atoms. The number of sulfone groups is 1. The minimum absolute atomic E-state index is 0.0136. The van der Waals surface area contributed by atoms with E-state index >= 15 is 0 Å². The molecule has 12 heteroatoms. The molecule has 0 bridgehead atoms. The highest BCUT2D eigenvalue weighted by Crippen LogP contribution is 2.36. The lowest BCUT2D eigenvalue weighted by Crippen LogP contribution is -2.53. The summed E-state index contributed by atoms with van der Waals surface area (Å²) in [4.78, 5) is 22.1. The molecular weight excluding hydrogens is 521 g/mol. The predicted molar refractivity (Wildman–Crippen MR) is 151 cm³/mol. The number of anilines is 4. The third kappa shape index (κ3) is 5.49. The average molecular weight is 558 g/mol. The molecule has 2 aliphatic rings. The Hall–Kier alpha value is -3.12. The molecule has 0 amide bonds. The molecule has 2 aliphatic heterocycles. The number of fused-ring (bicyclic) bond motifs is 1. The van der Waals surface area contributed by atoms with Gasteiger partial charge in [0.15, 0.2) is 5.67 Å². The van der Waals surface area contributed by atoms with Crippen LogP contribution in [0.1, 0.15) is 45.6 Å². The number of halogens is 1. The maximum absolute atomic E-state index is 14.7. The lowest BCUT2D eigenvalue weighted by Gasteiger charge is -2.43. The first kappa shape index (κ1) is 27.4. The van der Waals surface area contributed by atoms with Crippen molar-refractivity contribution in [3.8, 4) is 0 Å². The van der Waals surface area contributed by atoms with Crippen LogP contribution < -0.4 is 15.1 Å². The number of aromatic nitrogens is 4. The van der Waals surface area contributed by atoms with Crippen LogP contribution in [0, 0.1) is 5.92 Å². The first-order valence-corrected chi connectivity index (χ1v) is 15.2. The van der Waals surface area contributed by atoms with Gasteiger partial charge >= 0.3 is 0 Å². The molecule has 0 saturated carbocycles.